The summed E-state index contributed by atoms with van der Waals surface area (Å²) in [5.41, 5.74) is 5.88. The number of guanidine groups is 1. The molecule has 0 amide bonds. The Hall–Kier alpha value is -1.61. The number of ether oxygens (including phenoxy) is 1. The lowest BCUT2D eigenvalue weighted by Gasteiger charge is -2.12. The maximum Gasteiger partial charge on any atom is 0.191 e. The van der Waals surface area contributed by atoms with Crippen LogP contribution in [0.5, 0.6) is 0 Å². The summed E-state index contributed by atoms with van der Waals surface area (Å²) in [5, 5.41) is 11.3. The Kier molecular flexibility index (Phi) is 10.4. The molecule has 1 aromatic heterocycles. The van der Waals surface area contributed by atoms with Crippen LogP contribution in [0.2, 0.25) is 0 Å². The largest absolute Gasteiger partial charge is 0.383 e. The van der Waals surface area contributed by atoms with Gasteiger partial charge < -0.3 is 15.4 Å². The van der Waals surface area contributed by atoms with Crippen molar-refractivity contribution < 1.29 is 4.74 Å². The maximum atomic E-state index is 5.16. The van der Waals surface area contributed by atoms with Gasteiger partial charge in [-0.15, -0.1) is 24.0 Å². The summed E-state index contributed by atoms with van der Waals surface area (Å²) in [6, 6.07) is 8.48. The zero-order chi connectivity index (χ0) is 18.9. The number of aromatic nitrogens is 2. The summed E-state index contributed by atoms with van der Waals surface area (Å²) in [5.74, 6) is 0.816. The van der Waals surface area contributed by atoms with Crippen LogP contribution in [0.4, 0.5) is 0 Å². The Morgan fingerprint density at radius 3 is 2.48 bits per heavy atom. The molecule has 2 aromatic rings. The Labute approximate surface area is 179 Å². The zero-order valence-electron chi connectivity index (χ0n) is 17.0. The number of rotatable bonds is 8. The molecule has 0 aliphatic heterocycles. The van der Waals surface area contributed by atoms with E-state index in [0.717, 1.165) is 24.7 Å². The van der Waals surface area contributed by atoms with E-state index in [1.165, 1.54) is 22.4 Å². The molecular weight excluding hydrogens is 453 g/mol. The van der Waals surface area contributed by atoms with Gasteiger partial charge in [-0.1, -0.05) is 29.8 Å². The predicted octanol–water partition coefficient (Wildman–Crippen LogP) is 3.33. The minimum absolute atomic E-state index is 0. The summed E-state index contributed by atoms with van der Waals surface area (Å²) >= 11 is 0. The number of nitrogens with zero attached hydrogens (tertiary/aromatic N) is 3. The highest BCUT2D eigenvalue weighted by atomic mass is 127. The number of hydrogen-bond donors (Lipinski definition) is 2. The number of halogens is 1. The molecule has 2 rings (SSSR count). The van der Waals surface area contributed by atoms with E-state index in [1.54, 1.807) is 7.11 Å². The van der Waals surface area contributed by atoms with Crippen molar-refractivity contribution in [2.75, 3.05) is 20.3 Å². The molecule has 0 spiro atoms. The first-order valence-electron chi connectivity index (χ1n) is 9.14. The lowest BCUT2D eigenvalue weighted by molar-refractivity contribution is 0.182. The molecule has 0 aliphatic carbocycles. The summed E-state index contributed by atoms with van der Waals surface area (Å²) in [6.07, 6.45) is 0. The van der Waals surface area contributed by atoms with E-state index in [-0.39, 0.29) is 24.0 Å². The van der Waals surface area contributed by atoms with Gasteiger partial charge in [0.05, 0.1) is 25.4 Å². The van der Waals surface area contributed by atoms with Crippen LogP contribution in [-0.2, 0) is 24.4 Å². The van der Waals surface area contributed by atoms with Gasteiger partial charge in [0, 0.05) is 31.5 Å². The second-order valence-electron chi connectivity index (χ2n) is 6.40. The number of hydrogen-bond acceptors (Lipinski definition) is 3. The molecule has 2 N–H and O–H groups in total. The van der Waals surface area contributed by atoms with Crippen molar-refractivity contribution in [1.29, 1.82) is 0 Å². The van der Waals surface area contributed by atoms with Crippen LogP contribution in [-0.4, -0.2) is 36.0 Å². The fourth-order valence-electron chi connectivity index (χ4n) is 2.76. The first kappa shape index (κ1) is 23.4. The average molecular weight is 485 g/mol. The van der Waals surface area contributed by atoms with Crippen molar-refractivity contribution in [3.63, 3.8) is 0 Å². The van der Waals surface area contributed by atoms with E-state index >= 15 is 0 Å². The van der Waals surface area contributed by atoms with Crippen LogP contribution in [0.25, 0.3) is 0 Å². The molecule has 0 aliphatic rings. The van der Waals surface area contributed by atoms with Gasteiger partial charge in [-0.3, -0.25) is 4.68 Å². The third-order valence-corrected chi connectivity index (χ3v) is 4.36. The fourth-order valence-corrected chi connectivity index (χ4v) is 2.76. The highest BCUT2D eigenvalue weighted by molar-refractivity contribution is 14.0. The molecule has 1 heterocycles. The number of aliphatic imine (C=N–C) groups is 1. The molecule has 0 fully saturated rings. The van der Waals surface area contributed by atoms with Crippen LogP contribution >= 0.6 is 24.0 Å². The van der Waals surface area contributed by atoms with Crippen molar-refractivity contribution in [3.8, 4) is 0 Å². The Balaban J connectivity index is 0.00000364. The summed E-state index contributed by atoms with van der Waals surface area (Å²) in [6.45, 7) is 11.9. The number of nitrogens with one attached hydrogen (secondary N) is 2. The van der Waals surface area contributed by atoms with Gasteiger partial charge >= 0.3 is 0 Å². The Morgan fingerprint density at radius 2 is 1.85 bits per heavy atom. The topological polar surface area (TPSA) is 63.5 Å². The number of methoxy groups -OCH3 is 1. The van der Waals surface area contributed by atoms with E-state index in [2.05, 4.69) is 60.8 Å². The van der Waals surface area contributed by atoms with E-state index in [9.17, 15) is 0 Å². The van der Waals surface area contributed by atoms with Gasteiger partial charge in [0.1, 0.15) is 0 Å². The Morgan fingerprint density at radius 1 is 1.15 bits per heavy atom. The Bertz CT molecular complexity index is 725. The molecular formula is C20H32IN5O. The minimum Gasteiger partial charge on any atom is -0.383 e. The van der Waals surface area contributed by atoms with Crippen LogP contribution < -0.4 is 10.6 Å². The lowest BCUT2D eigenvalue weighted by Crippen LogP contribution is -2.37. The van der Waals surface area contributed by atoms with E-state index in [0.29, 0.717) is 19.7 Å². The van der Waals surface area contributed by atoms with E-state index < -0.39 is 0 Å². The number of aryl methyl sites for hydroxylation is 2. The van der Waals surface area contributed by atoms with Crippen LogP contribution in [0.15, 0.2) is 29.3 Å². The average Bonchev–Trinajstić information content (AvgIpc) is 2.90. The van der Waals surface area contributed by atoms with Gasteiger partial charge in [0.2, 0.25) is 0 Å². The monoisotopic (exact) mass is 485 g/mol. The van der Waals surface area contributed by atoms with Crippen molar-refractivity contribution in [2.24, 2.45) is 4.99 Å². The summed E-state index contributed by atoms with van der Waals surface area (Å²) < 4.78 is 7.16. The van der Waals surface area contributed by atoms with Crippen molar-refractivity contribution >= 4 is 29.9 Å². The maximum absolute atomic E-state index is 5.16. The van der Waals surface area contributed by atoms with E-state index in [4.69, 9.17) is 9.73 Å². The SMILES string of the molecule is CCNC(=NCc1ccc(C)cc1)NCc1c(C)nn(CCOC)c1C.I. The van der Waals surface area contributed by atoms with Gasteiger partial charge in [0.25, 0.3) is 0 Å². The van der Waals surface area contributed by atoms with Crippen LogP contribution in [0.3, 0.4) is 0 Å². The quantitative estimate of drug-likeness (QED) is 0.342. The standard InChI is InChI=1S/C20H31N5O.HI/c1-6-21-20(22-13-18-9-7-15(2)8-10-18)23-14-19-16(3)24-25(17(19)4)11-12-26-5;/h7-10H,6,11-14H2,1-5H3,(H2,21,22,23);1H. The molecule has 27 heavy (non-hydrogen) atoms. The zero-order valence-corrected chi connectivity index (χ0v) is 19.3. The molecule has 7 heteroatoms. The molecule has 0 saturated carbocycles. The minimum atomic E-state index is 0. The van der Waals surface area contributed by atoms with Crippen molar-refractivity contribution in [3.05, 3.63) is 52.3 Å². The highest BCUT2D eigenvalue weighted by Crippen LogP contribution is 2.12. The summed E-state index contributed by atoms with van der Waals surface area (Å²) in [7, 11) is 1.71. The molecule has 0 saturated heterocycles. The normalized spacial score (nSPS) is 11.2. The first-order valence-corrected chi connectivity index (χ1v) is 9.14. The fraction of sp³-hybridized carbons (Fsp3) is 0.500. The predicted molar refractivity (Wildman–Crippen MR) is 122 cm³/mol. The smallest absolute Gasteiger partial charge is 0.191 e. The third-order valence-electron chi connectivity index (χ3n) is 4.36. The van der Waals surface area contributed by atoms with Gasteiger partial charge in [0.15, 0.2) is 5.96 Å². The molecule has 0 bridgehead atoms. The molecule has 0 atom stereocenters. The van der Waals surface area contributed by atoms with Gasteiger partial charge in [-0.2, -0.15) is 5.10 Å². The first-order chi connectivity index (χ1) is 12.5. The van der Waals surface area contributed by atoms with Crippen molar-refractivity contribution in [1.82, 2.24) is 20.4 Å². The second-order valence-corrected chi connectivity index (χ2v) is 6.40. The van der Waals surface area contributed by atoms with E-state index in [1.807, 2.05) is 11.6 Å². The lowest BCUT2D eigenvalue weighted by atomic mass is 10.1. The van der Waals surface area contributed by atoms with Crippen LogP contribution in [0, 0.1) is 20.8 Å². The van der Waals surface area contributed by atoms with Gasteiger partial charge in [-0.05, 0) is 33.3 Å². The third kappa shape index (κ3) is 7.14. The molecule has 150 valence electrons. The van der Waals surface area contributed by atoms with Crippen molar-refractivity contribution in [2.45, 2.75) is 47.3 Å². The van der Waals surface area contributed by atoms with Gasteiger partial charge in [-0.25, -0.2) is 4.99 Å². The molecule has 0 unspecified atom stereocenters. The molecule has 1 aromatic carbocycles. The highest BCUT2D eigenvalue weighted by Gasteiger charge is 2.11. The molecule has 0 radical (unpaired) electrons. The van der Waals surface area contributed by atoms with Crippen LogP contribution in [0.1, 0.15) is 35.0 Å². The molecule has 6 nitrogen and oxygen atoms in total. The second kappa shape index (κ2) is 12.0. The summed E-state index contributed by atoms with van der Waals surface area (Å²) in [4.78, 5) is 4.69. The number of benzene rings is 1.